The van der Waals surface area contributed by atoms with E-state index in [2.05, 4.69) is 26.9 Å². The van der Waals surface area contributed by atoms with Crippen LogP contribution in [0.5, 0.6) is 0 Å². The fourth-order valence-electron chi connectivity index (χ4n) is 3.09. The van der Waals surface area contributed by atoms with Crippen LogP contribution in [0.1, 0.15) is 19.2 Å². The van der Waals surface area contributed by atoms with Gasteiger partial charge < -0.3 is 14.9 Å². The molecule has 142 valence electrons. The molecule has 1 aromatic carbocycles. The molecule has 1 aromatic heterocycles. The molecule has 1 aliphatic rings. The van der Waals surface area contributed by atoms with Crippen LogP contribution >= 0.6 is 0 Å². The van der Waals surface area contributed by atoms with Gasteiger partial charge in [0.15, 0.2) is 5.82 Å². The number of halogens is 1. The van der Waals surface area contributed by atoms with Crippen LogP contribution in [-0.2, 0) is 13.0 Å². The SMILES string of the molecule is CCC(O)Cn1nc(-c2ccc(F)cc2)nc1CCN1CCN(C)CC1. The number of benzene rings is 1. The molecule has 1 atom stereocenters. The molecule has 0 saturated carbocycles. The van der Waals surface area contributed by atoms with E-state index in [1.54, 1.807) is 12.1 Å². The zero-order valence-electron chi connectivity index (χ0n) is 15.6. The number of nitrogens with zero attached hydrogens (tertiary/aromatic N) is 5. The van der Waals surface area contributed by atoms with Crippen molar-refractivity contribution >= 4 is 0 Å². The normalized spacial score (nSPS) is 17.5. The van der Waals surface area contributed by atoms with Crippen LogP contribution in [0, 0.1) is 5.82 Å². The summed E-state index contributed by atoms with van der Waals surface area (Å²) in [6.07, 6.45) is 1.01. The molecular formula is C19H28FN5O. The first kappa shape index (κ1) is 18.9. The summed E-state index contributed by atoms with van der Waals surface area (Å²) in [7, 11) is 2.15. The second-order valence-electron chi connectivity index (χ2n) is 7.00. The number of rotatable bonds is 7. The molecule has 0 aliphatic carbocycles. The number of aromatic nitrogens is 3. The Hall–Kier alpha value is -1.83. The van der Waals surface area contributed by atoms with Crippen molar-refractivity contribution in [2.45, 2.75) is 32.4 Å². The minimum Gasteiger partial charge on any atom is -0.391 e. The Morgan fingerprint density at radius 3 is 2.50 bits per heavy atom. The van der Waals surface area contributed by atoms with Gasteiger partial charge in [-0.1, -0.05) is 6.92 Å². The first-order chi connectivity index (χ1) is 12.5. The van der Waals surface area contributed by atoms with Gasteiger partial charge in [-0.2, -0.15) is 5.10 Å². The molecule has 0 spiro atoms. The van der Waals surface area contributed by atoms with Crippen LogP contribution in [0.25, 0.3) is 11.4 Å². The molecule has 3 rings (SSSR count). The van der Waals surface area contributed by atoms with Crippen molar-refractivity contribution < 1.29 is 9.50 Å². The number of hydrogen-bond donors (Lipinski definition) is 1. The van der Waals surface area contributed by atoms with Gasteiger partial charge in [-0.15, -0.1) is 0 Å². The monoisotopic (exact) mass is 361 g/mol. The van der Waals surface area contributed by atoms with Crippen LogP contribution in [0.4, 0.5) is 4.39 Å². The van der Waals surface area contributed by atoms with Crippen molar-refractivity contribution in [1.29, 1.82) is 0 Å². The maximum atomic E-state index is 13.2. The van der Waals surface area contributed by atoms with E-state index in [4.69, 9.17) is 0 Å². The lowest BCUT2D eigenvalue weighted by Crippen LogP contribution is -2.45. The molecule has 0 radical (unpaired) electrons. The summed E-state index contributed by atoms with van der Waals surface area (Å²) < 4.78 is 15.0. The second kappa shape index (κ2) is 8.70. The summed E-state index contributed by atoms with van der Waals surface area (Å²) in [6, 6.07) is 6.21. The number of piperazine rings is 1. The van der Waals surface area contributed by atoms with Gasteiger partial charge >= 0.3 is 0 Å². The molecule has 0 bridgehead atoms. The molecule has 1 fully saturated rings. The Morgan fingerprint density at radius 2 is 1.85 bits per heavy atom. The average Bonchev–Trinajstić information content (AvgIpc) is 3.04. The van der Waals surface area contributed by atoms with Gasteiger partial charge in [-0.25, -0.2) is 14.1 Å². The van der Waals surface area contributed by atoms with Crippen molar-refractivity contribution in [1.82, 2.24) is 24.6 Å². The highest BCUT2D eigenvalue weighted by Gasteiger charge is 2.17. The number of hydrogen-bond acceptors (Lipinski definition) is 5. The first-order valence-electron chi connectivity index (χ1n) is 9.33. The summed E-state index contributed by atoms with van der Waals surface area (Å²) >= 11 is 0. The molecule has 1 aliphatic heterocycles. The van der Waals surface area contributed by atoms with Crippen molar-refractivity contribution in [2.24, 2.45) is 0 Å². The van der Waals surface area contributed by atoms with Gasteiger partial charge in [0.2, 0.25) is 0 Å². The van der Waals surface area contributed by atoms with Gasteiger partial charge in [0.1, 0.15) is 11.6 Å². The van der Waals surface area contributed by atoms with Gasteiger partial charge in [0.25, 0.3) is 0 Å². The quantitative estimate of drug-likeness (QED) is 0.813. The summed E-state index contributed by atoms with van der Waals surface area (Å²) in [5.41, 5.74) is 0.789. The van der Waals surface area contributed by atoms with Crippen LogP contribution in [0.2, 0.25) is 0 Å². The molecule has 7 heteroatoms. The lowest BCUT2D eigenvalue weighted by atomic mass is 10.2. The number of aliphatic hydroxyl groups is 1. The molecule has 2 aromatic rings. The molecule has 6 nitrogen and oxygen atoms in total. The molecular weight excluding hydrogens is 333 g/mol. The van der Waals surface area contributed by atoms with Crippen molar-refractivity contribution in [3.05, 3.63) is 35.9 Å². The maximum Gasteiger partial charge on any atom is 0.181 e. The van der Waals surface area contributed by atoms with E-state index in [1.165, 1.54) is 12.1 Å². The second-order valence-corrected chi connectivity index (χ2v) is 7.00. The highest BCUT2D eigenvalue weighted by Crippen LogP contribution is 2.17. The topological polar surface area (TPSA) is 57.4 Å². The van der Waals surface area contributed by atoms with Crippen LogP contribution in [-0.4, -0.2) is 75.5 Å². The van der Waals surface area contributed by atoms with Gasteiger partial charge in [-0.3, -0.25) is 0 Å². The van der Waals surface area contributed by atoms with Gasteiger partial charge in [-0.05, 0) is 37.7 Å². The lowest BCUT2D eigenvalue weighted by Gasteiger charge is -2.32. The maximum absolute atomic E-state index is 13.2. The van der Waals surface area contributed by atoms with Gasteiger partial charge in [0, 0.05) is 44.7 Å². The highest BCUT2D eigenvalue weighted by molar-refractivity contribution is 5.54. The third-order valence-corrected chi connectivity index (χ3v) is 4.95. The van der Waals surface area contributed by atoms with E-state index >= 15 is 0 Å². The van der Waals surface area contributed by atoms with E-state index in [-0.39, 0.29) is 5.82 Å². The Balaban J connectivity index is 1.74. The lowest BCUT2D eigenvalue weighted by molar-refractivity contribution is 0.140. The zero-order chi connectivity index (χ0) is 18.5. The minimum absolute atomic E-state index is 0.273. The Labute approximate surface area is 154 Å². The standard InChI is InChI=1S/C19H28FN5O/c1-3-17(26)14-25-18(8-9-24-12-10-23(2)11-13-24)21-19(22-25)15-4-6-16(20)7-5-15/h4-7,17,26H,3,8-14H2,1-2H3. The summed E-state index contributed by atoms with van der Waals surface area (Å²) in [4.78, 5) is 9.45. The van der Waals surface area contributed by atoms with E-state index in [1.807, 2.05) is 11.6 Å². The summed E-state index contributed by atoms with van der Waals surface area (Å²) in [5.74, 6) is 1.18. The predicted octanol–water partition coefficient (Wildman–Crippen LogP) is 1.65. The summed E-state index contributed by atoms with van der Waals surface area (Å²) in [5, 5.41) is 14.6. The highest BCUT2D eigenvalue weighted by atomic mass is 19.1. The first-order valence-corrected chi connectivity index (χ1v) is 9.33. The summed E-state index contributed by atoms with van der Waals surface area (Å²) in [6.45, 7) is 7.61. The molecule has 1 unspecified atom stereocenters. The van der Waals surface area contributed by atoms with Crippen molar-refractivity contribution in [3.63, 3.8) is 0 Å². The minimum atomic E-state index is -0.444. The number of likely N-dealkylation sites (N-methyl/N-ethyl adjacent to an activating group) is 1. The third kappa shape index (κ3) is 4.87. The third-order valence-electron chi connectivity index (χ3n) is 4.95. The fraction of sp³-hybridized carbons (Fsp3) is 0.579. The Bertz CT molecular complexity index is 694. The number of aliphatic hydroxyl groups excluding tert-OH is 1. The fourth-order valence-corrected chi connectivity index (χ4v) is 3.09. The van der Waals surface area contributed by atoms with E-state index in [9.17, 15) is 9.50 Å². The zero-order valence-corrected chi connectivity index (χ0v) is 15.6. The van der Waals surface area contributed by atoms with Crippen molar-refractivity contribution in [3.8, 4) is 11.4 Å². The van der Waals surface area contributed by atoms with Crippen molar-refractivity contribution in [2.75, 3.05) is 39.8 Å². The molecule has 1 N–H and O–H groups in total. The predicted molar refractivity (Wildman–Crippen MR) is 99.4 cm³/mol. The average molecular weight is 361 g/mol. The Kier molecular flexibility index (Phi) is 6.34. The van der Waals surface area contributed by atoms with E-state index < -0.39 is 6.10 Å². The smallest absolute Gasteiger partial charge is 0.181 e. The van der Waals surface area contributed by atoms with E-state index in [0.717, 1.165) is 50.5 Å². The largest absolute Gasteiger partial charge is 0.391 e. The molecule has 2 heterocycles. The van der Waals surface area contributed by atoms with Crippen LogP contribution < -0.4 is 0 Å². The van der Waals surface area contributed by atoms with Crippen LogP contribution in [0.15, 0.2) is 24.3 Å². The van der Waals surface area contributed by atoms with Crippen LogP contribution in [0.3, 0.4) is 0 Å². The molecule has 0 amide bonds. The molecule has 1 saturated heterocycles. The van der Waals surface area contributed by atoms with Gasteiger partial charge in [0.05, 0.1) is 12.6 Å². The molecule has 26 heavy (non-hydrogen) atoms. The van der Waals surface area contributed by atoms with E-state index in [0.29, 0.717) is 18.8 Å². The Morgan fingerprint density at radius 1 is 1.15 bits per heavy atom.